The van der Waals surface area contributed by atoms with E-state index in [0.29, 0.717) is 17.9 Å². The maximum atomic E-state index is 12.8. The third kappa shape index (κ3) is 4.97. The number of hydrogen-bond donors (Lipinski definition) is 2. The minimum absolute atomic E-state index is 0.180. The molecule has 0 bridgehead atoms. The minimum Gasteiger partial charge on any atom is -0.497 e. The highest BCUT2D eigenvalue weighted by Crippen LogP contribution is 2.33. The zero-order chi connectivity index (χ0) is 22.8. The molecule has 31 heavy (non-hydrogen) atoms. The summed E-state index contributed by atoms with van der Waals surface area (Å²) in [4.78, 5) is 11.2. The quantitative estimate of drug-likeness (QED) is 0.557. The zero-order valence-electron chi connectivity index (χ0n) is 16.0. The maximum Gasteiger partial charge on any atom is 0.416 e. The van der Waals surface area contributed by atoms with Crippen molar-refractivity contribution in [2.75, 3.05) is 11.8 Å². The van der Waals surface area contributed by atoms with E-state index >= 15 is 0 Å². The second-order valence-corrected chi connectivity index (χ2v) is 8.10. The Labute approximate surface area is 176 Å². The number of hydrogen-bond acceptors (Lipinski definition) is 4. The Morgan fingerprint density at radius 2 is 1.48 bits per heavy atom. The van der Waals surface area contributed by atoms with Gasteiger partial charge in [-0.1, -0.05) is 24.3 Å². The number of carboxylic acids is 1. The van der Waals surface area contributed by atoms with Crippen molar-refractivity contribution in [2.45, 2.75) is 11.1 Å². The molecule has 0 fully saturated rings. The number of aromatic carboxylic acids is 1. The van der Waals surface area contributed by atoms with Gasteiger partial charge in [0, 0.05) is 0 Å². The van der Waals surface area contributed by atoms with E-state index in [2.05, 4.69) is 0 Å². The first kappa shape index (κ1) is 22.2. The summed E-state index contributed by atoms with van der Waals surface area (Å²) in [5.74, 6) is -1.03. The molecule has 0 heterocycles. The first-order valence-electron chi connectivity index (χ1n) is 8.73. The number of benzene rings is 3. The lowest BCUT2D eigenvalue weighted by Crippen LogP contribution is -2.16. The highest BCUT2D eigenvalue weighted by Gasteiger charge is 2.32. The van der Waals surface area contributed by atoms with Crippen molar-refractivity contribution in [1.29, 1.82) is 0 Å². The van der Waals surface area contributed by atoms with Gasteiger partial charge >= 0.3 is 12.1 Å². The van der Waals surface area contributed by atoms with Crippen molar-refractivity contribution in [1.82, 2.24) is 0 Å². The molecule has 0 aromatic heterocycles. The lowest BCUT2D eigenvalue weighted by Gasteiger charge is -2.13. The van der Waals surface area contributed by atoms with Gasteiger partial charge in [0.25, 0.3) is 10.0 Å². The molecule has 0 spiro atoms. The van der Waals surface area contributed by atoms with Crippen LogP contribution in [-0.2, 0) is 16.2 Å². The Kier molecular flexibility index (Phi) is 5.94. The molecule has 0 unspecified atom stereocenters. The van der Waals surface area contributed by atoms with E-state index in [9.17, 15) is 31.5 Å². The van der Waals surface area contributed by atoms with Gasteiger partial charge in [0.2, 0.25) is 0 Å². The number of anilines is 1. The molecule has 162 valence electrons. The SMILES string of the molecule is COc1ccc(-c2ccc(S(=O)(=O)Nc3ccc(C(F)(F)F)cc3C(=O)O)cc2)cc1. The fourth-order valence-electron chi connectivity index (χ4n) is 2.80. The van der Waals surface area contributed by atoms with Crippen molar-refractivity contribution in [3.05, 3.63) is 77.9 Å². The van der Waals surface area contributed by atoms with Gasteiger partial charge in [-0.05, 0) is 53.6 Å². The molecule has 10 heteroatoms. The summed E-state index contributed by atoms with van der Waals surface area (Å²) in [7, 11) is -2.71. The number of halogens is 3. The van der Waals surface area contributed by atoms with Crippen LogP contribution < -0.4 is 9.46 Å². The van der Waals surface area contributed by atoms with Gasteiger partial charge < -0.3 is 9.84 Å². The molecule has 3 aromatic rings. The van der Waals surface area contributed by atoms with Crippen LogP contribution in [0.3, 0.4) is 0 Å². The summed E-state index contributed by atoms with van der Waals surface area (Å²) in [5, 5.41) is 9.21. The third-order valence-corrected chi connectivity index (χ3v) is 5.79. The van der Waals surface area contributed by atoms with Crippen molar-refractivity contribution in [3.8, 4) is 16.9 Å². The van der Waals surface area contributed by atoms with E-state index in [1.54, 1.807) is 36.4 Å². The standard InChI is InChI=1S/C21H16F3NO5S/c1-30-16-7-2-13(3-8-16)14-4-9-17(10-5-14)31(28,29)25-19-11-6-15(21(22,23)24)12-18(19)20(26)27/h2-12,25H,1H3,(H,26,27). The molecule has 3 aromatic carbocycles. The molecule has 0 aliphatic carbocycles. The number of alkyl halides is 3. The van der Waals surface area contributed by atoms with Gasteiger partial charge in [0.1, 0.15) is 5.75 Å². The van der Waals surface area contributed by atoms with Crippen molar-refractivity contribution in [3.63, 3.8) is 0 Å². The molecule has 0 atom stereocenters. The third-order valence-electron chi connectivity index (χ3n) is 4.41. The summed E-state index contributed by atoms with van der Waals surface area (Å²) in [6.07, 6.45) is -4.76. The molecule has 0 saturated heterocycles. The predicted molar refractivity (Wildman–Crippen MR) is 108 cm³/mol. The lowest BCUT2D eigenvalue weighted by molar-refractivity contribution is -0.137. The minimum atomic E-state index is -4.76. The first-order chi connectivity index (χ1) is 14.5. The summed E-state index contributed by atoms with van der Waals surface area (Å²) in [6, 6.07) is 14.6. The van der Waals surface area contributed by atoms with Gasteiger partial charge in [-0.3, -0.25) is 4.72 Å². The van der Waals surface area contributed by atoms with Crippen LogP contribution in [0.25, 0.3) is 11.1 Å². The molecular weight excluding hydrogens is 435 g/mol. The number of rotatable bonds is 6. The number of nitrogens with one attached hydrogen (secondary N) is 1. The van der Waals surface area contributed by atoms with E-state index in [4.69, 9.17) is 4.74 Å². The second-order valence-electron chi connectivity index (χ2n) is 6.42. The number of methoxy groups -OCH3 is 1. The average Bonchev–Trinajstić information content (AvgIpc) is 2.73. The molecule has 0 aliphatic heterocycles. The monoisotopic (exact) mass is 451 g/mol. The summed E-state index contributed by atoms with van der Waals surface area (Å²) < 4.78 is 71.0. The maximum absolute atomic E-state index is 12.8. The summed E-state index contributed by atoms with van der Waals surface area (Å²) >= 11 is 0. The molecule has 0 saturated carbocycles. The van der Waals surface area contributed by atoms with Crippen LogP contribution in [0.5, 0.6) is 5.75 Å². The average molecular weight is 451 g/mol. The topological polar surface area (TPSA) is 92.7 Å². The predicted octanol–water partition coefficient (Wildman–Crippen LogP) is 4.88. The van der Waals surface area contributed by atoms with Crippen LogP contribution in [0.4, 0.5) is 18.9 Å². The fraction of sp³-hybridized carbons (Fsp3) is 0.0952. The van der Waals surface area contributed by atoms with E-state index < -0.39 is 39.0 Å². The number of ether oxygens (including phenoxy) is 1. The number of carbonyl (C=O) groups is 1. The van der Waals surface area contributed by atoms with E-state index in [1.165, 1.54) is 19.2 Å². The fourth-order valence-corrected chi connectivity index (χ4v) is 3.88. The lowest BCUT2D eigenvalue weighted by atomic mass is 10.1. The molecule has 2 N–H and O–H groups in total. The molecule has 0 amide bonds. The van der Waals surface area contributed by atoms with E-state index in [-0.39, 0.29) is 4.90 Å². The van der Waals surface area contributed by atoms with Crippen molar-refractivity contribution in [2.24, 2.45) is 0 Å². The normalized spacial score (nSPS) is 11.7. The largest absolute Gasteiger partial charge is 0.497 e. The Bertz CT molecular complexity index is 1210. The van der Waals surface area contributed by atoms with E-state index in [0.717, 1.165) is 17.2 Å². The Hall–Kier alpha value is -3.53. The highest BCUT2D eigenvalue weighted by atomic mass is 32.2. The van der Waals surface area contributed by atoms with Crippen molar-refractivity contribution >= 4 is 21.7 Å². The zero-order valence-corrected chi connectivity index (χ0v) is 16.8. The molecular formula is C21H16F3NO5S. The molecule has 0 aliphatic rings. The number of sulfonamides is 1. The van der Waals surface area contributed by atoms with Crippen LogP contribution in [0.15, 0.2) is 71.6 Å². The number of carboxylic acid groups (broad SMARTS) is 1. The Morgan fingerprint density at radius 3 is 1.97 bits per heavy atom. The smallest absolute Gasteiger partial charge is 0.416 e. The molecule has 6 nitrogen and oxygen atoms in total. The van der Waals surface area contributed by atoms with Gasteiger partial charge in [0.15, 0.2) is 0 Å². The first-order valence-corrected chi connectivity index (χ1v) is 10.2. The second kappa shape index (κ2) is 8.31. The summed E-state index contributed by atoms with van der Waals surface area (Å²) in [5.41, 5.74) is -0.944. The Balaban J connectivity index is 1.89. The Morgan fingerprint density at radius 1 is 0.935 bits per heavy atom. The molecule has 3 rings (SSSR count). The van der Waals surface area contributed by atoms with Crippen molar-refractivity contribution < 1.29 is 36.2 Å². The molecule has 0 radical (unpaired) electrons. The highest BCUT2D eigenvalue weighted by molar-refractivity contribution is 7.92. The van der Waals surface area contributed by atoms with Gasteiger partial charge in [-0.15, -0.1) is 0 Å². The van der Waals surface area contributed by atoms with Gasteiger partial charge in [0.05, 0.1) is 28.8 Å². The van der Waals surface area contributed by atoms with Crippen LogP contribution in [0, 0.1) is 0 Å². The van der Waals surface area contributed by atoms with E-state index in [1.807, 2.05) is 4.72 Å². The van der Waals surface area contributed by atoms with Gasteiger partial charge in [-0.25, -0.2) is 13.2 Å². The van der Waals surface area contributed by atoms with Crippen LogP contribution in [0.1, 0.15) is 15.9 Å². The van der Waals surface area contributed by atoms with Crippen LogP contribution >= 0.6 is 0 Å². The summed E-state index contributed by atoms with van der Waals surface area (Å²) in [6.45, 7) is 0. The van der Waals surface area contributed by atoms with Crippen LogP contribution in [0.2, 0.25) is 0 Å². The van der Waals surface area contributed by atoms with Gasteiger partial charge in [-0.2, -0.15) is 13.2 Å². The van der Waals surface area contributed by atoms with Crippen LogP contribution in [-0.4, -0.2) is 26.6 Å².